The van der Waals surface area contributed by atoms with E-state index in [0.717, 1.165) is 6.26 Å². The number of carbonyl (C=O) groups is 1. The third kappa shape index (κ3) is 4.64. The molecule has 0 unspecified atom stereocenters. The van der Waals surface area contributed by atoms with E-state index in [2.05, 4.69) is 10.3 Å². The fourth-order valence-corrected chi connectivity index (χ4v) is 6.69. The second-order valence-electron chi connectivity index (χ2n) is 7.43. The molecular formula is C20H21N3O5S3. The lowest BCUT2D eigenvalue weighted by Gasteiger charge is -2.31. The molecule has 2 aromatic carbocycles. The van der Waals surface area contributed by atoms with Crippen LogP contribution in [-0.2, 0) is 24.7 Å². The number of aromatic nitrogens is 1. The number of sulfonamides is 1. The van der Waals surface area contributed by atoms with Crippen molar-refractivity contribution in [3.8, 4) is 0 Å². The molecule has 1 amide bonds. The summed E-state index contributed by atoms with van der Waals surface area (Å²) in [4.78, 5) is 17.6. The van der Waals surface area contributed by atoms with Crippen molar-refractivity contribution < 1.29 is 21.6 Å². The van der Waals surface area contributed by atoms with E-state index in [-0.39, 0.29) is 22.2 Å². The first-order valence-electron chi connectivity index (χ1n) is 9.61. The largest absolute Gasteiger partial charge is 0.302 e. The summed E-state index contributed by atoms with van der Waals surface area (Å²) in [5.41, 5.74) is 0.588. The van der Waals surface area contributed by atoms with E-state index in [1.807, 2.05) is 0 Å². The molecular weight excluding hydrogens is 458 g/mol. The van der Waals surface area contributed by atoms with Crippen molar-refractivity contribution in [1.29, 1.82) is 0 Å². The van der Waals surface area contributed by atoms with E-state index in [4.69, 9.17) is 0 Å². The summed E-state index contributed by atoms with van der Waals surface area (Å²) in [5, 5.41) is 3.12. The quantitative estimate of drug-likeness (QED) is 0.602. The fourth-order valence-electron chi connectivity index (χ4n) is 3.51. The van der Waals surface area contributed by atoms with Crippen molar-refractivity contribution in [3.05, 3.63) is 48.5 Å². The molecule has 1 aromatic heterocycles. The van der Waals surface area contributed by atoms with Crippen molar-refractivity contribution >= 4 is 52.5 Å². The number of fused-ring (bicyclic) bond motifs is 1. The standard InChI is InChI=1S/C20H21N3O5S3/c1-30(25,26)16-9-10-17-18(12-16)29-20(21-17)22-19(24)14-6-5-11-23(13-14)31(27,28)15-7-3-2-4-8-15/h2-4,7-10,12,14H,5-6,11,13H2,1H3,(H,21,22,24)/t14-/m0/s1. The molecule has 3 aromatic rings. The Balaban J connectivity index is 1.50. The Morgan fingerprint density at radius 3 is 2.55 bits per heavy atom. The number of carbonyl (C=O) groups excluding carboxylic acids is 1. The minimum atomic E-state index is -3.66. The summed E-state index contributed by atoms with van der Waals surface area (Å²) in [5.74, 6) is -0.791. The van der Waals surface area contributed by atoms with Gasteiger partial charge < -0.3 is 5.32 Å². The topological polar surface area (TPSA) is 114 Å². The first kappa shape index (κ1) is 21.9. The number of rotatable bonds is 5. The zero-order chi connectivity index (χ0) is 22.2. The zero-order valence-corrected chi connectivity index (χ0v) is 19.1. The Bertz CT molecular complexity index is 1330. The van der Waals surface area contributed by atoms with Gasteiger partial charge in [0.05, 0.1) is 25.9 Å². The summed E-state index contributed by atoms with van der Waals surface area (Å²) in [7, 11) is -7.00. The van der Waals surface area contributed by atoms with E-state index >= 15 is 0 Å². The highest BCUT2D eigenvalue weighted by Crippen LogP contribution is 2.30. The van der Waals surface area contributed by atoms with Gasteiger partial charge in [-0.1, -0.05) is 29.5 Å². The van der Waals surface area contributed by atoms with Gasteiger partial charge in [-0.15, -0.1) is 0 Å². The summed E-state index contributed by atoms with van der Waals surface area (Å²) in [6.45, 7) is 0.475. The number of hydrogen-bond acceptors (Lipinski definition) is 7. The molecule has 1 fully saturated rings. The van der Waals surface area contributed by atoms with Crippen LogP contribution in [0, 0.1) is 5.92 Å². The zero-order valence-electron chi connectivity index (χ0n) is 16.7. The van der Waals surface area contributed by atoms with Crippen molar-refractivity contribution in [2.24, 2.45) is 5.92 Å². The molecule has 1 atom stereocenters. The monoisotopic (exact) mass is 479 g/mol. The molecule has 0 saturated carbocycles. The minimum absolute atomic E-state index is 0.103. The molecule has 8 nitrogen and oxygen atoms in total. The lowest BCUT2D eigenvalue weighted by Crippen LogP contribution is -2.43. The van der Waals surface area contributed by atoms with E-state index < -0.39 is 25.8 Å². The van der Waals surface area contributed by atoms with Crippen LogP contribution < -0.4 is 5.32 Å². The number of anilines is 1. The molecule has 0 radical (unpaired) electrons. The SMILES string of the molecule is CS(=O)(=O)c1ccc2nc(NC(=O)[C@H]3CCCN(S(=O)(=O)c4ccccc4)C3)sc2c1. The average molecular weight is 480 g/mol. The van der Waals surface area contributed by atoms with Gasteiger partial charge in [0.2, 0.25) is 15.9 Å². The number of thiazole rings is 1. The molecule has 1 aliphatic rings. The second kappa shape index (κ2) is 8.30. The lowest BCUT2D eigenvalue weighted by molar-refractivity contribution is -0.120. The van der Waals surface area contributed by atoms with Crippen molar-refractivity contribution in [3.63, 3.8) is 0 Å². The maximum absolute atomic E-state index is 12.9. The summed E-state index contributed by atoms with van der Waals surface area (Å²) < 4.78 is 51.2. The van der Waals surface area contributed by atoms with Crippen molar-refractivity contribution in [1.82, 2.24) is 9.29 Å². The van der Waals surface area contributed by atoms with Crippen LogP contribution in [0.1, 0.15) is 12.8 Å². The Morgan fingerprint density at radius 1 is 1.10 bits per heavy atom. The molecule has 0 aliphatic carbocycles. The molecule has 11 heteroatoms. The van der Waals surface area contributed by atoms with Crippen molar-refractivity contribution in [2.45, 2.75) is 22.6 Å². The Kier molecular flexibility index (Phi) is 5.86. The van der Waals surface area contributed by atoms with Gasteiger partial charge in [-0.25, -0.2) is 21.8 Å². The molecule has 31 heavy (non-hydrogen) atoms. The third-order valence-corrected chi connectivity index (χ3v) is 9.08. The van der Waals surface area contributed by atoms with Crippen LogP contribution in [-0.4, -0.2) is 51.4 Å². The molecule has 0 spiro atoms. The smallest absolute Gasteiger partial charge is 0.243 e. The Labute approximate surface area is 184 Å². The van der Waals surface area contributed by atoms with Gasteiger partial charge in [-0.3, -0.25) is 4.79 Å². The van der Waals surface area contributed by atoms with Crippen LogP contribution >= 0.6 is 11.3 Å². The van der Waals surface area contributed by atoms with E-state index in [9.17, 15) is 21.6 Å². The highest BCUT2D eigenvalue weighted by molar-refractivity contribution is 7.90. The highest BCUT2D eigenvalue weighted by Gasteiger charge is 2.33. The number of amides is 1. The van der Waals surface area contributed by atoms with E-state index in [0.29, 0.717) is 34.7 Å². The Morgan fingerprint density at radius 2 is 1.84 bits per heavy atom. The number of hydrogen-bond donors (Lipinski definition) is 1. The maximum Gasteiger partial charge on any atom is 0.243 e. The molecule has 1 saturated heterocycles. The number of sulfone groups is 1. The molecule has 4 rings (SSSR count). The number of piperidine rings is 1. The van der Waals surface area contributed by atoms with Gasteiger partial charge in [0, 0.05) is 19.3 Å². The van der Waals surface area contributed by atoms with E-state index in [1.54, 1.807) is 36.4 Å². The average Bonchev–Trinajstić information content (AvgIpc) is 3.15. The minimum Gasteiger partial charge on any atom is -0.302 e. The third-order valence-electron chi connectivity index (χ3n) is 5.15. The van der Waals surface area contributed by atoms with Gasteiger partial charge in [0.1, 0.15) is 0 Å². The first-order chi connectivity index (χ1) is 14.6. The highest BCUT2D eigenvalue weighted by atomic mass is 32.2. The van der Waals surface area contributed by atoms with Gasteiger partial charge in [-0.2, -0.15) is 4.31 Å². The number of benzene rings is 2. The fraction of sp³-hybridized carbons (Fsp3) is 0.300. The number of nitrogens with one attached hydrogen (secondary N) is 1. The van der Waals surface area contributed by atoms with Gasteiger partial charge in [-0.05, 0) is 43.2 Å². The molecule has 1 aliphatic heterocycles. The predicted molar refractivity (Wildman–Crippen MR) is 119 cm³/mol. The lowest BCUT2D eigenvalue weighted by atomic mass is 9.99. The van der Waals surface area contributed by atoms with Crippen LogP contribution in [0.15, 0.2) is 58.3 Å². The van der Waals surface area contributed by atoms with Crippen LogP contribution in [0.2, 0.25) is 0 Å². The molecule has 1 N–H and O–H groups in total. The normalized spacial score (nSPS) is 18.2. The Hall–Kier alpha value is -2.34. The predicted octanol–water partition coefficient (Wildman–Crippen LogP) is 2.74. The van der Waals surface area contributed by atoms with Gasteiger partial charge in [0.15, 0.2) is 15.0 Å². The summed E-state index contributed by atoms with van der Waals surface area (Å²) in [6, 6.07) is 12.8. The summed E-state index contributed by atoms with van der Waals surface area (Å²) in [6.07, 6.45) is 2.30. The van der Waals surface area contributed by atoms with Crippen molar-refractivity contribution in [2.75, 3.05) is 24.7 Å². The maximum atomic E-state index is 12.9. The first-order valence-corrected chi connectivity index (χ1v) is 13.8. The van der Waals surface area contributed by atoms with Gasteiger partial charge in [0.25, 0.3) is 0 Å². The van der Waals surface area contributed by atoms with E-state index in [1.165, 1.54) is 27.8 Å². The van der Waals surface area contributed by atoms with Crippen LogP contribution in [0.3, 0.4) is 0 Å². The second-order valence-corrected chi connectivity index (χ2v) is 12.4. The van der Waals surface area contributed by atoms with Crippen LogP contribution in [0.4, 0.5) is 5.13 Å². The van der Waals surface area contributed by atoms with Gasteiger partial charge >= 0.3 is 0 Å². The number of nitrogens with zero attached hydrogens (tertiary/aromatic N) is 2. The molecule has 0 bridgehead atoms. The molecule has 2 heterocycles. The summed E-state index contributed by atoms with van der Waals surface area (Å²) >= 11 is 1.18. The van der Waals surface area contributed by atoms with Crippen LogP contribution in [0.25, 0.3) is 10.2 Å². The molecule has 164 valence electrons. The van der Waals surface area contributed by atoms with Crippen LogP contribution in [0.5, 0.6) is 0 Å².